The molecule has 1 aliphatic carbocycles. The molecule has 0 saturated heterocycles. The third kappa shape index (κ3) is 1.68. The minimum Gasteiger partial charge on any atom is -0.448 e. The van der Waals surface area contributed by atoms with E-state index in [1.807, 2.05) is 0 Å². The first kappa shape index (κ1) is 11.1. The van der Waals surface area contributed by atoms with Crippen LogP contribution in [0.25, 0.3) is 0 Å². The van der Waals surface area contributed by atoms with E-state index in [0.29, 0.717) is 22.1 Å². The summed E-state index contributed by atoms with van der Waals surface area (Å²) in [6.07, 6.45) is 2.14. The molecule has 5 heteroatoms. The van der Waals surface area contributed by atoms with Crippen molar-refractivity contribution in [2.24, 2.45) is 5.73 Å². The molecule has 0 radical (unpaired) electrons. The number of benzene rings is 1. The molecule has 3 N–H and O–H groups in total. The molecule has 1 fully saturated rings. The summed E-state index contributed by atoms with van der Waals surface area (Å²) in [6, 6.07) is 3.42. The molecule has 3 rings (SSSR count). The van der Waals surface area contributed by atoms with Crippen molar-refractivity contribution in [1.29, 1.82) is 0 Å². The molecule has 1 unspecified atom stereocenters. The number of hydrogen-bond acceptors (Lipinski definition) is 4. The van der Waals surface area contributed by atoms with Crippen molar-refractivity contribution in [3.63, 3.8) is 0 Å². The number of fused-ring (bicyclic) bond motifs is 1. The molecule has 17 heavy (non-hydrogen) atoms. The highest BCUT2D eigenvalue weighted by atomic mass is 35.5. The standard InChI is InChI=1S/C12H14ClNO3/c13-8-5-11-10(4-7(8)9(15)6-14)16-12(17-11)2-1-3-12/h4-5,9,15H,1-3,6,14H2. The highest BCUT2D eigenvalue weighted by Crippen LogP contribution is 2.50. The van der Waals surface area contributed by atoms with E-state index in [-0.39, 0.29) is 6.54 Å². The minimum atomic E-state index is -0.769. The lowest BCUT2D eigenvalue weighted by molar-refractivity contribution is -0.138. The number of hydrogen-bond donors (Lipinski definition) is 2. The summed E-state index contributed by atoms with van der Waals surface area (Å²) in [5, 5.41) is 10.2. The Kier molecular flexibility index (Phi) is 2.47. The fourth-order valence-corrected chi connectivity index (χ4v) is 2.46. The average molecular weight is 256 g/mol. The number of nitrogens with two attached hydrogens (primary N) is 1. The lowest BCUT2D eigenvalue weighted by Crippen LogP contribution is -2.45. The first-order valence-corrected chi connectivity index (χ1v) is 6.11. The molecule has 0 bridgehead atoms. The Labute approximate surface area is 104 Å². The van der Waals surface area contributed by atoms with Gasteiger partial charge in [0.25, 0.3) is 5.79 Å². The van der Waals surface area contributed by atoms with Crippen LogP contribution in [0.15, 0.2) is 12.1 Å². The highest BCUT2D eigenvalue weighted by Gasteiger charge is 2.47. The number of aliphatic hydroxyl groups excluding tert-OH is 1. The van der Waals surface area contributed by atoms with Crippen molar-refractivity contribution < 1.29 is 14.6 Å². The summed E-state index contributed by atoms with van der Waals surface area (Å²) in [6.45, 7) is 0.129. The Morgan fingerprint density at radius 1 is 1.35 bits per heavy atom. The van der Waals surface area contributed by atoms with Crippen molar-refractivity contribution in [3.8, 4) is 11.5 Å². The zero-order valence-corrected chi connectivity index (χ0v) is 10.0. The first-order valence-electron chi connectivity index (χ1n) is 5.73. The van der Waals surface area contributed by atoms with Crippen molar-refractivity contribution in [1.82, 2.24) is 0 Å². The second-order valence-electron chi connectivity index (χ2n) is 4.54. The van der Waals surface area contributed by atoms with Crippen LogP contribution in [0.3, 0.4) is 0 Å². The Bertz CT molecular complexity index is 459. The van der Waals surface area contributed by atoms with Gasteiger partial charge in [-0.3, -0.25) is 0 Å². The fourth-order valence-electron chi connectivity index (χ4n) is 2.18. The summed E-state index contributed by atoms with van der Waals surface area (Å²) < 4.78 is 11.5. The topological polar surface area (TPSA) is 64.7 Å². The van der Waals surface area contributed by atoms with Crippen LogP contribution in [0.4, 0.5) is 0 Å². The second-order valence-corrected chi connectivity index (χ2v) is 4.95. The maximum atomic E-state index is 9.74. The molecule has 1 atom stereocenters. The predicted molar refractivity (Wildman–Crippen MR) is 63.3 cm³/mol. The molecule has 4 nitrogen and oxygen atoms in total. The third-order valence-electron chi connectivity index (χ3n) is 3.35. The normalized spacial score (nSPS) is 21.4. The summed E-state index contributed by atoms with van der Waals surface area (Å²) in [5.74, 6) is 0.831. The van der Waals surface area contributed by atoms with Crippen molar-refractivity contribution in [2.45, 2.75) is 31.2 Å². The van der Waals surface area contributed by atoms with E-state index in [0.717, 1.165) is 19.3 Å². The van der Waals surface area contributed by atoms with Crippen LogP contribution >= 0.6 is 11.6 Å². The third-order valence-corrected chi connectivity index (χ3v) is 3.68. The number of aliphatic hydroxyl groups is 1. The van der Waals surface area contributed by atoms with Crippen LogP contribution in [0.5, 0.6) is 11.5 Å². The van der Waals surface area contributed by atoms with Crippen molar-refractivity contribution in [2.75, 3.05) is 6.54 Å². The van der Waals surface area contributed by atoms with E-state index in [4.69, 9.17) is 26.8 Å². The zero-order valence-electron chi connectivity index (χ0n) is 9.28. The average Bonchev–Trinajstić information content (AvgIpc) is 2.65. The van der Waals surface area contributed by atoms with Gasteiger partial charge in [-0.15, -0.1) is 0 Å². The van der Waals surface area contributed by atoms with Gasteiger partial charge in [-0.25, -0.2) is 0 Å². The molecule has 1 saturated carbocycles. The quantitative estimate of drug-likeness (QED) is 0.848. The SMILES string of the molecule is NCC(O)c1cc2c(cc1Cl)OC1(CCC1)O2. The van der Waals surface area contributed by atoms with E-state index >= 15 is 0 Å². The van der Waals surface area contributed by atoms with Crippen LogP contribution in [0.1, 0.15) is 30.9 Å². The largest absolute Gasteiger partial charge is 0.448 e. The van der Waals surface area contributed by atoms with E-state index in [2.05, 4.69) is 0 Å². The van der Waals surface area contributed by atoms with Gasteiger partial charge >= 0.3 is 0 Å². The number of rotatable bonds is 2. The molecule has 1 heterocycles. The lowest BCUT2D eigenvalue weighted by Gasteiger charge is -2.35. The molecule has 1 aliphatic heterocycles. The Morgan fingerprint density at radius 2 is 2.00 bits per heavy atom. The van der Waals surface area contributed by atoms with Crippen LogP contribution in [-0.4, -0.2) is 17.4 Å². The summed E-state index contributed by atoms with van der Waals surface area (Å²) in [4.78, 5) is 0. The Balaban J connectivity index is 1.95. The van der Waals surface area contributed by atoms with Crippen molar-refractivity contribution >= 4 is 11.6 Å². The maximum Gasteiger partial charge on any atom is 0.251 e. The van der Waals surface area contributed by atoms with Gasteiger partial charge in [-0.05, 0) is 12.5 Å². The maximum absolute atomic E-state index is 9.74. The molecular formula is C12H14ClNO3. The number of ether oxygens (including phenoxy) is 2. The number of halogens is 1. The Morgan fingerprint density at radius 3 is 2.53 bits per heavy atom. The smallest absolute Gasteiger partial charge is 0.251 e. The minimum absolute atomic E-state index is 0.129. The lowest BCUT2D eigenvalue weighted by atomic mass is 9.91. The van der Waals surface area contributed by atoms with Gasteiger partial charge in [-0.1, -0.05) is 11.6 Å². The van der Waals surface area contributed by atoms with E-state index in [9.17, 15) is 5.11 Å². The van der Waals surface area contributed by atoms with Gasteiger partial charge in [0.05, 0.1) is 11.1 Å². The molecule has 0 amide bonds. The molecule has 2 aliphatic rings. The highest BCUT2D eigenvalue weighted by molar-refractivity contribution is 6.31. The van der Waals surface area contributed by atoms with Gasteiger partial charge < -0.3 is 20.3 Å². The van der Waals surface area contributed by atoms with E-state index in [1.54, 1.807) is 12.1 Å². The molecule has 92 valence electrons. The van der Waals surface area contributed by atoms with Gasteiger partial charge in [0, 0.05) is 31.0 Å². The summed E-state index contributed by atoms with van der Waals surface area (Å²) in [5.41, 5.74) is 6.02. The summed E-state index contributed by atoms with van der Waals surface area (Å²) >= 11 is 6.08. The van der Waals surface area contributed by atoms with Gasteiger partial charge in [0.2, 0.25) is 0 Å². The molecular weight excluding hydrogens is 242 g/mol. The second kappa shape index (κ2) is 3.77. The monoisotopic (exact) mass is 255 g/mol. The van der Waals surface area contributed by atoms with Crippen LogP contribution in [-0.2, 0) is 0 Å². The van der Waals surface area contributed by atoms with E-state index in [1.165, 1.54) is 0 Å². The zero-order chi connectivity index (χ0) is 12.0. The van der Waals surface area contributed by atoms with Gasteiger partial charge in [0.1, 0.15) is 0 Å². The van der Waals surface area contributed by atoms with E-state index < -0.39 is 11.9 Å². The van der Waals surface area contributed by atoms with Gasteiger partial charge in [-0.2, -0.15) is 0 Å². The fraction of sp³-hybridized carbons (Fsp3) is 0.500. The molecule has 1 aromatic carbocycles. The van der Waals surface area contributed by atoms with Crippen molar-refractivity contribution in [3.05, 3.63) is 22.7 Å². The van der Waals surface area contributed by atoms with Crippen LogP contribution in [0, 0.1) is 0 Å². The molecule has 0 aromatic heterocycles. The van der Waals surface area contributed by atoms with Gasteiger partial charge in [0.15, 0.2) is 11.5 Å². The first-order chi connectivity index (χ1) is 8.13. The molecule has 1 aromatic rings. The molecule has 1 spiro atoms. The van der Waals surface area contributed by atoms with Crippen LogP contribution < -0.4 is 15.2 Å². The predicted octanol–water partition coefficient (Wildman–Crippen LogP) is 1.98. The van der Waals surface area contributed by atoms with Crippen LogP contribution in [0.2, 0.25) is 5.02 Å². The summed E-state index contributed by atoms with van der Waals surface area (Å²) in [7, 11) is 0. The Hall–Kier alpha value is -0.970.